The summed E-state index contributed by atoms with van der Waals surface area (Å²) in [5.74, 6) is 0.0821. The molecule has 0 unspecified atom stereocenters. The Morgan fingerprint density at radius 3 is 3.11 bits per heavy atom. The standard InChI is InChI=1S/C14H15N3O/c18-12(9-11-4-2-6-15-11)14-13-10(5-8-17-14)3-1-7-16-13/h1,3,5,7-8,11,15H,2,4,6,9H2/t11-/m1/s1. The summed E-state index contributed by atoms with van der Waals surface area (Å²) in [6, 6.07) is 6.01. The van der Waals surface area contributed by atoms with Gasteiger partial charge >= 0.3 is 0 Å². The number of fused-ring (bicyclic) bond motifs is 1. The van der Waals surface area contributed by atoms with Gasteiger partial charge in [-0.25, -0.2) is 0 Å². The van der Waals surface area contributed by atoms with Crippen LogP contribution in [0.1, 0.15) is 29.8 Å². The molecule has 1 aliphatic heterocycles. The van der Waals surface area contributed by atoms with Crippen molar-refractivity contribution in [2.45, 2.75) is 25.3 Å². The maximum absolute atomic E-state index is 12.3. The SMILES string of the molecule is O=C(C[C@H]1CCCN1)c1nccc2cccnc12. The topological polar surface area (TPSA) is 54.9 Å². The van der Waals surface area contributed by atoms with Crippen LogP contribution in [0.25, 0.3) is 10.9 Å². The van der Waals surface area contributed by atoms with Crippen LogP contribution in [-0.2, 0) is 0 Å². The van der Waals surface area contributed by atoms with Gasteiger partial charge in [-0.1, -0.05) is 6.07 Å². The number of carbonyl (C=O) groups is 1. The van der Waals surface area contributed by atoms with E-state index in [0.717, 1.165) is 24.8 Å². The molecule has 1 saturated heterocycles. The highest BCUT2D eigenvalue weighted by atomic mass is 16.1. The molecule has 0 saturated carbocycles. The van der Waals surface area contributed by atoms with Gasteiger partial charge in [0.25, 0.3) is 0 Å². The lowest BCUT2D eigenvalue weighted by Gasteiger charge is -2.09. The molecule has 0 spiro atoms. The van der Waals surface area contributed by atoms with Crippen LogP contribution in [0.3, 0.4) is 0 Å². The monoisotopic (exact) mass is 241 g/mol. The summed E-state index contributed by atoms with van der Waals surface area (Å²) in [6.45, 7) is 1.01. The Bertz CT molecular complexity index is 571. The molecular weight excluding hydrogens is 226 g/mol. The van der Waals surface area contributed by atoms with Crippen molar-refractivity contribution in [1.82, 2.24) is 15.3 Å². The van der Waals surface area contributed by atoms with Gasteiger partial charge in [0.1, 0.15) is 5.69 Å². The average Bonchev–Trinajstić information content (AvgIpc) is 2.91. The molecule has 18 heavy (non-hydrogen) atoms. The van der Waals surface area contributed by atoms with Crippen LogP contribution in [0.5, 0.6) is 0 Å². The molecule has 1 fully saturated rings. The first kappa shape index (κ1) is 11.3. The third-order valence-corrected chi connectivity index (χ3v) is 3.38. The highest BCUT2D eigenvalue weighted by Crippen LogP contribution is 2.17. The van der Waals surface area contributed by atoms with Gasteiger partial charge < -0.3 is 5.32 Å². The Morgan fingerprint density at radius 2 is 2.28 bits per heavy atom. The Kier molecular flexibility index (Phi) is 3.02. The summed E-state index contributed by atoms with van der Waals surface area (Å²) in [5, 5.41) is 4.30. The van der Waals surface area contributed by atoms with Crippen molar-refractivity contribution in [2.75, 3.05) is 6.54 Å². The first-order chi connectivity index (χ1) is 8.84. The van der Waals surface area contributed by atoms with E-state index in [9.17, 15) is 4.79 Å². The van der Waals surface area contributed by atoms with Gasteiger partial charge in [0.05, 0.1) is 5.52 Å². The molecule has 4 heteroatoms. The number of rotatable bonds is 3. The molecule has 1 atom stereocenters. The van der Waals surface area contributed by atoms with Crippen LogP contribution in [0.2, 0.25) is 0 Å². The zero-order valence-corrected chi connectivity index (χ0v) is 10.1. The van der Waals surface area contributed by atoms with E-state index in [2.05, 4.69) is 15.3 Å². The molecule has 2 aromatic rings. The van der Waals surface area contributed by atoms with Gasteiger partial charge in [0, 0.05) is 30.2 Å². The lowest BCUT2D eigenvalue weighted by molar-refractivity contribution is 0.0968. The number of ketones is 1. The van der Waals surface area contributed by atoms with Gasteiger partial charge in [0.15, 0.2) is 5.78 Å². The van der Waals surface area contributed by atoms with Crippen molar-refractivity contribution in [3.8, 4) is 0 Å². The molecule has 3 heterocycles. The Morgan fingerprint density at radius 1 is 1.33 bits per heavy atom. The summed E-state index contributed by atoms with van der Waals surface area (Å²) in [4.78, 5) is 20.8. The van der Waals surface area contributed by atoms with Crippen molar-refractivity contribution in [3.05, 3.63) is 36.3 Å². The molecule has 92 valence electrons. The van der Waals surface area contributed by atoms with Crippen molar-refractivity contribution in [3.63, 3.8) is 0 Å². The lowest BCUT2D eigenvalue weighted by atomic mass is 10.0. The number of carbonyl (C=O) groups excluding carboxylic acids is 1. The summed E-state index contributed by atoms with van der Waals surface area (Å²) < 4.78 is 0. The molecule has 0 bridgehead atoms. The molecule has 0 aliphatic carbocycles. The molecular formula is C14H15N3O. The number of pyridine rings is 2. The number of hydrogen-bond acceptors (Lipinski definition) is 4. The minimum atomic E-state index is 0.0821. The van der Waals surface area contributed by atoms with E-state index in [1.165, 1.54) is 0 Å². The molecule has 1 N–H and O–H groups in total. The van der Waals surface area contributed by atoms with Crippen LogP contribution >= 0.6 is 0 Å². The second-order valence-corrected chi connectivity index (χ2v) is 4.66. The minimum Gasteiger partial charge on any atom is -0.314 e. The summed E-state index contributed by atoms with van der Waals surface area (Å²) >= 11 is 0. The fourth-order valence-electron chi connectivity index (χ4n) is 2.46. The number of nitrogens with one attached hydrogen (secondary N) is 1. The van der Waals surface area contributed by atoms with Gasteiger partial charge in [0.2, 0.25) is 0 Å². The second kappa shape index (κ2) is 4.82. The van der Waals surface area contributed by atoms with Gasteiger partial charge in [-0.3, -0.25) is 14.8 Å². The quantitative estimate of drug-likeness (QED) is 0.834. The van der Waals surface area contributed by atoms with Gasteiger partial charge in [-0.15, -0.1) is 0 Å². The smallest absolute Gasteiger partial charge is 0.184 e. The zero-order chi connectivity index (χ0) is 12.4. The highest BCUT2D eigenvalue weighted by molar-refractivity contribution is 6.04. The average molecular weight is 241 g/mol. The van der Waals surface area contributed by atoms with Gasteiger partial charge in [-0.05, 0) is 31.5 Å². The minimum absolute atomic E-state index is 0.0821. The normalized spacial score (nSPS) is 19.2. The third-order valence-electron chi connectivity index (χ3n) is 3.38. The predicted octanol–water partition coefficient (Wildman–Crippen LogP) is 1.95. The fraction of sp³-hybridized carbons (Fsp3) is 0.357. The van der Waals surface area contributed by atoms with Gasteiger partial charge in [-0.2, -0.15) is 0 Å². The molecule has 3 rings (SSSR count). The van der Waals surface area contributed by atoms with Crippen molar-refractivity contribution in [1.29, 1.82) is 0 Å². The molecule has 0 amide bonds. The van der Waals surface area contributed by atoms with Crippen LogP contribution in [0, 0.1) is 0 Å². The lowest BCUT2D eigenvalue weighted by Crippen LogP contribution is -2.25. The molecule has 0 aromatic carbocycles. The van der Waals surface area contributed by atoms with Crippen LogP contribution in [0.4, 0.5) is 0 Å². The number of nitrogens with zero attached hydrogens (tertiary/aromatic N) is 2. The van der Waals surface area contributed by atoms with Crippen LogP contribution in [-0.4, -0.2) is 28.3 Å². The first-order valence-electron chi connectivity index (χ1n) is 6.31. The maximum Gasteiger partial charge on any atom is 0.184 e. The Hall–Kier alpha value is -1.81. The van der Waals surface area contributed by atoms with E-state index in [4.69, 9.17) is 0 Å². The molecule has 4 nitrogen and oxygen atoms in total. The fourth-order valence-corrected chi connectivity index (χ4v) is 2.46. The first-order valence-corrected chi connectivity index (χ1v) is 6.31. The van der Waals surface area contributed by atoms with E-state index in [1.807, 2.05) is 18.2 Å². The summed E-state index contributed by atoms with van der Waals surface area (Å²) in [5.41, 5.74) is 1.21. The van der Waals surface area contributed by atoms with E-state index >= 15 is 0 Å². The van der Waals surface area contributed by atoms with Crippen LogP contribution < -0.4 is 5.32 Å². The highest BCUT2D eigenvalue weighted by Gasteiger charge is 2.20. The largest absolute Gasteiger partial charge is 0.314 e. The Labute approximate surface area is 105 Å². The number of Topliss-reactive ketones (excluding diaryl/α,β-unsaturated/α-hetero) is 1. The zero-order valence-electron chi connectivity index (χ0n) is 10.1. The van der Waals surface area contributed by atoms with Crippen LogP contribution in [0.15, 0.2) is 30.6 Å². The van der Waals surface area contributed by atoms with E-state index < -0.39 is 0 Å². The van der Waals surface area contributed by atoms with Crippen molar-refractivity contribution in [2.24, 2.45) is 0 Å². The summed E-state index contributed by atoms with van der Waals surface area (Å²) in [6.07, 6.45) is 6.12. The van der Waals surface area contributed by atoms with Crippen molar-refractivity contribution < 1.29 is 4.79 Å². The summed E-state index contributed by atoms with van der Waals surface area (Å²) in [7, 11) is 0. The molecule has 0 radical (unpaired) electrons. The van der Waals surface area contributed by atoms with E-state index in [1.54, 1.807) is 12.4 Å². The molecule has 2 aromatic heterocycles. The van der Waals surface area contributed by atoms with Crippen molar-refractivity contribution >= 4 is 16.7 Å². The predicted molar refractivity (Wildman–Crippen MR) is 69.5 cm³/mol. The molecule has 1 aliphatic rings. The van der Waals surface area contributed by atoms with E-state index in [0.29, 0.717) is 23.7 Å². The van der Waals surface area contributed by atoms with E-state index in [-0.39, 0.29) is 5.78 Å². The second-order valence-electron chi connectivity index (χ2n) is 4.66. The third kappa shape index (κ3) is 2.11. The number of hydrogen-bond donors (Lipinski definition) is 1. The Balaban J connectivity index is 1.91. The maximum atomic E-state index is 12.3. The number of aromatic nitrogens is 2.